The van der Waals surface area contributed by atoms with Crippen molar-refractivity contribution in [2.75, 3.05) is 31.5 Å². The highest BCUT2D eigenvalue weighted by molar-refractivity contribution is 8.21. The van der Waals surface area contributed by atoms with E-state index in [1.54, 1.807) is 23.5 Å². The summed E-state index contributed by atoms with van der Waals surface area (Å²) in [4.78, 5) is 14.8. The van der Waals surface area contributed by atoms with Crippen molar-refractivity contribution in [3.05, 3.63) is 45.2 Å². The summed E-state index contributed by atoms with van der Waals surface area (Å²) >= 11 is 3.37. The van der Waals surface area contributed by atoms with Crippen molar-refractivity contribution >= 4 is 41.1 Å². The van der Waals surface area contributed by atoms with Crippen LogP contribution in [0.3, 0.4) is 0 Å². The van der Waals surface area contributed by atoms with E-state index in [2.05, 4.69) is 35.2 Å². The number of allylic oxidation sites excluding steroid dienone is 2. The van der Waals surface area contributed by atoms with Crippen LogP contribution in [0, 0.1) is 0 Å². The highest BCUT2D eigenvalue weighted by Gasteiger charge is 2.23. The molecule has 0 saturated heterocycles. The third-order valence-corrected chi connectivity index (χ3v) is 6.04. The van der Waals surface area contributed by atoms with Gasteiger partial charge in [0, 0.05) is 35.2 Å². The lowest BCUT2D eigenvalue weighted by Gasteiger charge is -2.19. The molecule has 1 aromatic carbocycles. The van der Waals surface area contributed by atoms with Gasteiger partial charge in [-0.1, -0.05) is 12.1 Å². The Balaban J connectivity index is 2.27. The second-order valence-electron chi connectivity index (χ2n) is 5.51. The van der Waals surface area contributed by atoms with E-state index in [9.17, 15) is 4.79 Å². The molecule has 118 valence electrons. The van der Waals surface area contributed by atoms with Gasteiger partial charge in [-0.2, -0.15) is 0 Å². The van der Waals surface area contributed by atoms with Crippen LogP contribution in [0.2, 0.25) is 0 Å². The number of benzene rings is 1. The number of nitrogens with zero attached hydrogens (tertiary/aromatic N) is 1. The first kappa shape index (κ1) is 17.2. The Bertz CT molecular complexity index is 594. The van der Waals surface area contributed by atoms with E-state index in [-0.39, 0.29) is 5.78 Å². The number of thioether (sulfide) groups is 2. The smallest absolute Gasteiger partial charge is 0.186 e. The molecule has 0 heterocycles. The van der Waals surface area contributed by atoms with Crippen molar-refractivity contribution in [3.63, 3.8) is 0 Å². The Hall–Kier alpha value is -1.13. The van der Waals surface area contributed by atoms with Crippen molar-refractivity contribution in [2.24, 2.45) is 0 Å². The molecule has 0 radical (unpaired) electrons. The van der Waals surface area contributed by atoms with Crippen LogP contribution in [-0.2, 0) is 4.79 Å². The summed E-state index contributed by atoms with van der Waals surface area (Å²) in [6.45, 7) is 0. The summed E-state index contributed by atoms with van der Waals surface area (Å²) < 4.78 is 1.17. The fourth-order valence-corrected chi connectivity index (χ4v) is 4.16. The Labute approximate surface area is 142 Å². The highest BCUT2D eigenvalue weighted by Crippen LogP contribution is 2.36. The third-order valence-electron chi connectivity index (χ3n) is 3.81. The Kier molecular flexibility index (Phi) is 6.21. The first-order chi connectivity index (χ1) is 10.6. The van der Waals surface area contributed by atoms with Crippen LogP contribution in [-0.4, -0.2) is 32.4 Å². The quantitative estimate of drug-likeness (QED) is 0.735. The molecule has 1 saturated carbocycles. The number of rotatable bonds is 4. The second-order valence-corrected chi connectivity index (χ2v) is 7.40. The SMILES string of the molecule is CSC(SC)=C1CCCC(=Cc2ccc(N(C)C)cc2)C1=O. The zero-order chi connectivity index (χ0) is 16.1. The van der Waals surface area contributed by atoms with Gasteiger partial charge in [0.05, 0.1) is 0 Å². The van der Waals surface area contributed by atoms with Gasteiger partial charge in [0.15, 0.2) is 5.78 Å². The van der Waals surface area contributed by atoms with E-state index in [0.717, 1.165) is 36.0 Å². The van der Waals surface area contributed by atoms with Gasteiger partial charge >= 0.3 is 0 Å². The summed E-state index contributed by atoms with van der Waals surface area (Å²) in [5, 5.41) is 0. The number of anilines is 1. The standard InChI is InChI=1S/C18H23NOS2/c1-19(2)15-10-8-13(9-11-15)12-14-6-5-7-16(17(14)20)18(21-3)22-4/h8-12H,5-7H2,1-4H3. The molecule has 0 N–H and O–H groups in total. The van der Waals surface area contributed by atoms with Crippen molar-refractivity contribution in [3.8, 4) is 0 Å². The molecule has 1 fully saturated rings. The number of hydrogen-bond donors (Lipinski definition) is 0. The molecule has 0 bridgehead atoms. The Morgan fingerprint density at radius 2 is 1.73 bits per heavy atom. The second kappa shape index (κ2) is 7.93. The minimum Gasteiger partial charge on any atom is -0.378 e. The number of ketones is 1. The van der Waals surface area contributed by atoms with E-state index < -0.39 is 0 Å². The number of carbonyl (C=O) groups is 1. The predicted molar refractivity (Wildman–Crippen MR) is 102 cm³/mol. The topological polar surface area (TPSA) is 20.3 Å². The molecule has 2 rings (SSSR count). The van der Waals surface area contributed by atoms with E-state index in [1.807, 2.05) is 26.6 Å². The maximum atomic E-state index is 12.7. The molecule has 0 aliphatic heterocycles. The largest absolute Gasteiger partial charge is 0.378 e. The van der Waals surface area contributed by atoms with Gasteiger partial charge in [-0.15, -0.1) is 23.5 Å². The molecule has 1 aliphatic rings. The highest BCUT2D eigenvalue weighted by atomic mass is 32.2. The van der Waals surface area contributed by atoms with Crippen LogP contribution in [0.5, 0.6) is 0 Å². The molecule has 4 heteroatoms. The van der Waals surface area contributed by atoms with Crippen molar-refractivity contribution < 1.29 is 4.79 Å². The van der Waals surface area contributed by atoms with Crippen LogP contribution >= 0.6 is 23.5 Å². The molecule has 1 aliphatic carbocycles. The van der Waals surface area contributed by atoms with Crippen molar-refractivity contribution in [2.45, 2.75) is 19.3 Å². The lowest BCUT2D eigenvalue weighted by Crippen LogP contribution is -2.13. The average Bonchev–Trinajstić information content (AvgIpc) is 2.52. The zero-order valence-electron chi connectivity index (χ0n) is 13.7. The molecule has 0 unspecified atom stereocenters. The van der Waals surface area contributed by atoms with Crippen molar-refractivity contribution in [1.82, 2.24) is 0 Å². The van der Waals surface area contributed by atoms with Gasteiger partial charge in [-0.05, 0) is 55.5 Å². The number of hydrogen-bond acceptors (Lipinski definition) is 4. The minimum atomic E-state index is 0.238. The molecule has 0 spiro atoms. The van der Waals surface area contributed by atoms with Gasteiger partial charge in [0.1, 0.15) is 0 Å². The lowest BCUT2D eigenvalue weighted by molar-refractivity contribution is -0.112. The fourth-order valence-electron chi connectivity index (χ4n) is 2.61. The third kappa shape index (κ3) is 3.99. The summed E-state index contributed by atoms with van der Waals surface area (Å²) in [6, 6.07) is 8.34. The normalized spacial score (nSPS) is 17.0. The predicted octanol–water partition coefficient (Wildman–Crippen LogP) is 4.83. The van der Waals surface area contributed by atoms with E-state index in [0.29, 0.717) is 0 Å². The van der Waals surface area contributed by atoms with Gasteiger partial charge in [0.25, 0.3) is 0 Å². The number of Topliss-reactive ketones (excluding diaryl/α,β-unsaturated/α-hetero) is 1. The van der Waals surface area contributed by atoms with Gasteiger partial charge in [-0.25, -0.2) is 0 Å². The molecule has 2 nitrogen and oxygen atoms in total. The molecule has 0 amide bonds. The summed E-state index contributed by atoms with van der Waals surface area (Å²) in [6.07, 6.45) is 9.00. The van der Waals surface area contributed by atoms with Gasteiger partial charge < -0.3 is 4.90 Å². The van der Waals surface area contributed by atoms with E-state index >= 15 is 0 Å². The lowest BCUT2D eigenvalue weighted by atomic mass is 9.88. The van der Waals surface area contributed by atoms with E-state index in [4.69, 9.17) is 0 Å². The Morgan fingerprint density at radius 3 is 2.27 bits per heavy atom. The van der Waals surface area contributed by atoms with E-state index in [1.165, 1.54) is 9.92 Å². The molecule has 1 aromatic rings. The molecule has 22 heavy (non-hydrogen) atoms. The summed E-state index contributed by atoms with van der Waals surface area (Å²) in [5.74, 6) is 0.238. The number of carbonyl (C=O) groups excluding carboxylic acids is 1. The summed E-state index contributed by atoms with van der Waals surface area (Å²) in [5.41, 5.74) is 4.22. The van der Waals surface area contributed by atoms with Crippen molar-refractivity contribution in [1.29, 1.82) is 0 Å². The summed E-state index contributed by atoms with van der Waals surface area (Å²) in [7, 11) is 4.06. The maximum absolute atomic E-state index is 12.7. The molecular formula is C18H23NOS2. The first-order valence-electron chi connectivity index (χ1n) is 7.40. The van der Waals surface area contributed by atoms with Crippen LogP contribution < -0.4 is 4.90 Å². The molecule has 0 atom stereocenters. The van der Waals surface area contributed by atoms with Gasteiger partial charge in [-0.3, -0.25) is 4.79 Å². The first-order valence-corrected chi connectivity index (χ1v) is 9.85. The molecular weight excluding hydrogens is 310 g/mol. The Morgan fingerprint density at radius 1 is 1.09 bits per heavy atom. The maximum Gasteiger partial charge on any atom is 0.186 e. The van der Waals surface area contributed by atoms with Gasteiger partial charge in [0.2, 0.25) is 0 Å². The van der Waals surface area contributed by atoms with Crippen LogP contribution in [0.4, 0.5) is 5.69 Å². The fraction of sp³-hybridized carbons (Fsp3) is 0.389. The monoisotopic (exact) mass is 333 g/mol. The van der Waals surface area contributed by atoms with Crippen LogP contribution in [0.25, 0.3) is 6.08 Å². The minimum absolute atomic E-state index is 0.238. The van der Waals surface area contributed by atoms with Crippen LogP contribution in [0.15, 0.2) is 39.6 Å². The van der Waals surface area contributed by atoms with Crippen LogP contribution in [0.1, 0.15) is 24.8 Å². The average molecular weight is 334 g/mol. The zero-order valence-corrected chi connectivity index (χ0v) is 15.3. The molecule has 0 aromatic heterocycles.